The SMILES string of the molecule is CCc1c(N)nnn1Cc1cccc(O)c1. The summed E-state index contributed by atoms with van der Waals surface area (Å²) in [5.74, 6) is 0.728. The van der Waals surface area contributed by atoms with Gasteiger partial charge in [-0.25, -0.2) is 4.68 Å². The van der Waals surface area contributed by atoms with Crippen LogP contribution in [0.25, 0.3) is 0 Å². The Balaban J connectivity index is 2.27. The summed E-state index contributed by atoms with van der Waals surface area (Å²) >= 11 is 0. The number of phenols is 1. The Morgan fingerprint density at radius 3 is 2.94 bits per heavy atom. The Labute approximate surface area is 93.5 Å². The summed E-state index contributed by atoms with van der Waals surface area (Å²) in [5, 5.41) is 17.2. The van der Waals surface area contributed by atoms with E-state index in [1.165, 1.54) is 0 Å². The van der Waals surface area contributed by atoms with Crippen LogP contribution in [0.4, 0.5) is 5.82 Å². The number of phenolic OH excluding ortho intramolecular Hbond substituents is 1. The standard InChI is InChI=1S/C11H14N4O/c1-2-10-11(12)13-14-15(10)7-8-4-3-5-9(16)6-8/h3-6,16H,2,7,12H2,1H3. The number of nitrogens with two attached hydrogens (primary N) is 1. The van der Waals surface area contributed by atoms with E-state index in [4.69, 9.17) is 5.73 Å². The fraction of sp³-hybridized carbons (Fsp3) is 0.273. The molecule has 0 fully saturated rings. The molecule has 0 amide bonds. The van der Waals surface area contributed by atoms with E-state index in [1.807, 2.05) is 13.0 Å². The molecule has 3 N–H and O–H groups in total. The number of aromatic hydroxyl groups is 1. The predicted octanol–water partition coefficient (Wildman–Crippen LogP) is 1.18. The summed E-state index contributed by atoms with van der Waals surface area (Å²) in [6, 6.07) is 7.07. The lowest BCUT2D eigenvalue weighted by Crippen LogP contribution is -2.06. The van der Waals surface area contributed by atoms with Crippen molar-refractivity contribution in [1.29, 1.82) is 0 Å². The molecular weight excluding hydrogens is 204 g/mol. The Kier molecular flexibility index (Phi) is 2.76. The minimum atomic E-state index is 0.253. The summed E-state index contributed by atoms with van der Waals surface area (Å²) in [6.07, 6.45) is 0.789. The Morgan fingerprint density at radius 1 is 1.44 bits per heavy atom. The molecule has 0 unspecified atom stereocenters. The van der Waals surface area contributed by atoms with Crippen LogP contribution in [-0.2, 0) is 13.0 Å². The highest BCUT2D eigenvalue weighted by molar-refractivity contribution is 5.34. The maximum absolute atomic E-state index is 9.35. The molecule has 0 aliphatic carbocycles. The van der Waals surface area contributed by atoms with Crippen molar-refractivity contribution in [2.45, 2.75) is 19.9 Å². The van der Waals surface area contributed by atoms with Gasteiger partial charge in [-0.2, -0.15) is 0 Å². The first-order chi connectivity index (χ1) is 7.70. The van der Waals surface area contributed by atoms with E-state index < -0.39 is 0 Å². The van der Waals surface area contributed by atoms with E-state index in [0.29, 0.717) is 12.4 Å². The third-order valence-electron chi connectivity index (χ3n) is 2.45. The van der Waals surface area contributed by atoms with E-state index >= 15 is 0 Å². The van der Waals surface area contributed by atoms with Crippen molar-refractivity contribution in [2.75, 3.05) is 5.73 Å². The minimum absolute atomic E-state index is 0.253. The summed E-state index contributed by atoms with van der Waals surface area (Å²) in [5.41, 5.74) is 7.58. The van der Waals surface area contributed by atoms with Gasteiger partial charge in [-0.05, 0) is 24.1 Å². The normalized spacial score (nSPS) is 10.6. The molecular formula is C11H14N4O. The van der Waals surface area contributed by atoms with Gasteiger partial charge in [0.1, 0.15) is 5.75 Å². The monoisotopic (exact) mass is 218 g/mol. The van der Waals surface area contributed by atoms with Gasteiger partial charge in [0.05, 0.1) is 12.2 Å². The zero-order valence-electron chi connectivity index (χ0n) is 9.09. The van der Waals surface area contributed by atoms with E-state index in [-0.39, 0.29) is 5.75 Å². The van der Waals surface area contributed by atoms with Crippen molar-refractivity contribution in [2.24, 2.45) is 0 Å². The third-order valence-corrected chi connectivity index (χ3v) is 2.45. The highest BCUT2D eigenvalue weighted by Gasteiger charge is 2.08. The van der Waals surface area contributed by atoms with Gasteiger partial charge in [-0.15, -0.1) is 5.10 Å². The first-order valence-corrected chi connectivity index (χ1v) is 5.16. The Hall–Kier alpha value is -2.04. The second kappa shape index (κ2) is 4.22. The molecule has 0 bridgehead atoms. The molecule has 1 aromatic heterocycles. The maximum atomic E-state index is 9.35. The molecule has 0 spiro atoms. The maximum Gasteiger partial charge on any atom is 0.169 e. The molecule has 1 heterocycles. The number of aromatic nitrogens is 3. The van der Waals surface area contributed by atoms with Gasteiger partial charge in [0.2, 0.25) is 0 Å². The Bertz CT molecular complexity index is 492. The average molecular weight is 218 g/mol. The molecule has 1 aromatic carbocycles. The summed E-state index contributed by atoms with van der Waals surface area (Å²) < 4.78 is 1.75. The van der Waals surface area contributed by atoms with Gasteiger partial charge < -0.3 is 10.8 Å². The van der Waals surface area contributed by atoms with Crippen LogP contribution in [-0.4, -0.2) is 20.1 Å². The number of nitrogen functional groups attached to an aromatic ring is 1. The summed E-state index contributed by atoms with van der Waals surface area (Å²) in [6.45, 7) is 2.58. The lowest BCUT2D eigenvalue weighted by Gasteiger charge is -2.05. The van der Waals surface area contributed by atoms with E-state index in [9.17, 15) is 5.11 Å². The fourth-order valence-corrected chi connectivity index (χ4v) is 1.66. The van der Waals surface area contributed by atoms with Gasteiger partial charge in [-0.1, -0.05) is 24.3 Å². The molecule has 16 heavy (non-hydrogen) atoms. The lowest BCUT2D eigenvalue weighted by atomic mass is 10.2. The van der Waals surface area contributed by atoms with Gasteiger partial charge in [0, 0.05) is 0 Å². The summed E-state index contributed by atoms with van der Waals surface area (Å²) in [4.78, 5) is 0. The third kappa shape index (κ3) is 1.98. The van der Waals surface area contributed by atoms with Crippen molar-refractivity contribution in [3.63, 3.8) is 0 Å². The molecule has 2 aromatic rings. The molecule has 5 nitrogen and oxygen atoms in total. The zero-order chi connectivity index (χ0) is 11.5. The largest absolute Gasteiger partial charge is 0.508 e. The molecule has 0 aliphatic heterocycles. The smallest absolute Gasteiger partial charge is 0.169 e. The molecule has 0 radical (unpaired) electrons. The highest BCUT2D eigenvalue weighted by atomic mass is 16.3. The van der Waals surface area contributed by atoms with Crippen molar-refractivity contribution in [3.05, 3.63) is 35.5 Å². The van der Waals surface area contributed by atoms with Gasteiger partial charge in [-0.3, -0.25) is 0 Å². The van der Waals surface area contributed by atoms with Crippen LogP contribution < -0.4 is 5.73 Å². The lowest BCUT2D eigenvalue weighted by molar-refractivity contribution is 0.473. The first-order valence-electron chi connectivity index (χ1n) is 5.16. The Morgan fingerprint density at radius 2 is 2.25 bits per heavy atom. The zero-order valence-corrected chi connectivity index (χ0v) is 9.09. The number of anilines is 1. The van der Waals surface area contributed by atoms with Gasteiger partial charge in [0.25, 0.3) is 0 Å². The molecule has 0 saturated carbocycles. The summed E-state index contributed by atoms with van der Waals surface area (Å²) in [7, 11) is 0. The molecule has 0 saturated heterocycles. The van der Waals surface area contributed by atoms with Crippen molar-refractivity contribution >= 4 is 5.82 Å². The van der Waals surface area contributed by atoms with Crippen LogP contribution in [0, 0.1) is 0 Å². The van der Waals surface area contributed by atoms with Crippen LogP contribution in [0.15, 0.2) is 24.3 Å². The predicted molar refractivity (Wildman–Crippen MR) is 61.0 cm³/mol. The molecule has 0 atom stereocenters. The van der Waals surface area contributed by atoms with Crippen molar-refractivity contribution < 1.29 is 5.11 Å². The molecule has 2 rings (SSSR count). The molecule has 5 heteroatoms. The highest BCUT2D eigenvalue weighted by Crippen LogP contribution is 2.14. The van der Waals surface area contributed by atoms with E-state index in [2.05, 4.69) is 10.3 Å². The number of nitrogens with zero attached hydrogens (tertiary/aromatic N) is 3. The van der Waals surface area contributed by atoms with Crippen LogP contribution in [0.2, 0.25) is 0 Å². The second-order valence-electron chi connectivity index (χ2n) is 3.60. The van der Waals surface area contributed by atoms with Crippen LogP contribution >= 0.6 is 0 Å². The van der Waals surface area contributed by atoms with Crippen molar-refractivity contribution in [3.8, 4) is 5.75 Å². The number of hydrogen-bond acceptors (Lipinski definition) is 4. The van der Waals surface area contributed by atoms with E-state index in [0.717, 1.165) is 17.7 Å². The number of rotatable bonds is 3. The van der Waals surface area contributed by atoms with Gasteiger partial charge >= 0.3 is 0 Å². The van der Waals surface area contributed by atoms with Crippen LogP contribution in [0.5, 0.6) is 5.75 Å². The average Bonchev–Trinajstić information content (AvgIpc) is 2.59. The van der Waals surface area contributed by atoms with E-state index in [1.54, 1.807) is 22.9 Å². The number of hydrogen-bond donors (Lipinski definition) is 2. The van der Waals surface area contributed by atoms with Crippen molar-refractivity contribution in [1.82, 2.24) is 15.0 Å². The fourth-order valence-electron chi connectivity index (χ4n) is 1.66. The van der Waals surface area contributed by atoms with Crippen LogP contribution in [0.3, 0.4) is 0 Å². The van der Waals surface area contributed by atoms with Crippen LogP contribution in [0.1, 0.15) is 18.2 Å². The van der Waals surface area contributed by atoms with Gasteiger partial charge in [0.15, 0.2) is 5.82 Å². The minimum Gasteiger partial charge on any atom is -0.508 e. The molecule has 0 aliphatic rings. The topological polar surface area (TPSA) is 77.0 Å². The second-order valence-corrected chi connectivity index (χ2v) is 3.60. The first kappa shape index (κ1) is 10.5. The quantitative estimate of drug-likeness (QED) is 0.810. The number of benzene rings is 1. The molecule has 84 valence electrons.